The zero-order chi connectivity index (χ0) is 8.55. The van der Waals surface area contributed by atoms with Crippen LogP contribution in [-0.2, 0) is 0 Å². The van der Waals surface area contributed by atoms with E-state index in [-0.39, 0.29) is 0 Å². The Bertz CT molecular complexity index is 467. The van der Waals surface area contributed by atoms with E-state index in [1.165, 1.54) is 0 Å². The predicted octanol–water partition coefficient (Wildman–Crippen LogP) is 2.04. The van der Waals surface area contributed by atoms with Gasteiger partial charge in [-0.15, -0.1) is 0 Å². The van der Waals surface area contributed by atoms with E-state index in [4.69, 9.17) is 5.26 Å². The standard InChI is InChI=1S/C8H4IN3/c9-7-4-12-8-6(7)1-5(2-10)3-11-8/h1,3-4H,(H,11,12). The fraction of sp³-hybridized carbons (Fsp3) is 0. The number of hydrogen-bond donors (Lipinski definition) is 1. The Labute approximate surface area is 82.6 Å². The molecule has 3 nitrogen and oxygen atoms in total. The SMILES string of the molecule is N#Cc1cnc2[nH]cc(I)c2c1. The minimum absolute atomic E-state index is 0.597. The molecular weight excluding hydrogens is 265 g/mol. The number of fused-ring (bicyclic) bond motifs is 1. The van der Waals surface area contributed by atoms with Gasteiger partial charge in [0.05, 0.1) is 5.56 Å². The maximum Gasteiger partial charge on any atom is 0.138 e. The maximum absolute atomic E-state index is 8.62. The highest BCUT2D eigenvalue weighted by molar-refractivity contribution is 14.1. The van der Waals surface area contributed by atoms with Gasteiger partial charge in [-0.2, -0.15) is 5.26 Å². The lowest BCUT2D eigenvalue weighted by Crippen LogP contribution is -1.79. The van der Waals surface area contributed by atoms with Crippen LogP contribution in [0.25, 0.3) is 11.0 Å². The molecule has 0 radical (unpaired) electrons. The van der Waals surface area contributed by atoms with Crippen LogP contribution in [0.1, 0.15) is 5.56 Å². The number of hydrogen-bond acceptors (Lipinski definition) is 2. The first-order chi connectivity index (χ1) is 5.81. The highest BCUT2D eigenvalue weighted by Crippen LogP contribution is 2.18. The third-order valence-corrected chi connectivity index (χ3v) is 2.50. The molecule has 0 saturated carbocycles. The predicted molar refractivity (Wildman–Crippen MR) is 53.5 cm³/mol. The Balaban J connectivity index is 2.82. The quantitative estimate of drug-likeness (QED) is 0.744. The normalized spacial score (nSPS) is 10.0. The van der Waals surface area contributed by atoms with Gasteiger partial charge in [0.15, 0.2) is 0 Å². The van der Waals surface area contributed by atoms with Crippen molar-refractivity contribution >= 4 is 33.6 Å². The second kappa shape index (κ2) is 2.75. The van der Waals surface area contributed by atoms with E-state index in [1.54, 1.807) is 6.20 Å². The van der Waals surface area contributed by atoms with Gasteiger partial charge in [-0.05, 0) is 28.7 Å². The van der Waals surface area contributed by atoms with Crippen LogP contribution in [0.2, 0.25) is 0 Å². The number of nitrogens with zero attached hydrogens (tertiary/aromatic N) is 2. The number of pyridine rings is 1. The molecule has 0 saturated heterocycles. The van der Waals surface area contributed by atoms with Crippen LogP contribution in [-0.4, -0.2) is 9.97 Å². The van der Waals surface area contributed by atoms with Crippen molar-refractivity contribution in [1.29, 1.82) is 5.26 Å². The van der Waals surface area contributed by atoms with Crippen LogP contribution < -0.4 is 0 Å². The molecule has 1 N–H and O–H groups in total. The van der Waals surface area contributed by atoms with Gasteiger partial charge in [-0.3, -0.25) is 0 Å². The average molecular weight is 269 g/mol. The lowest BCUT2D eigenvalue weighted by atomic mass is 10.2. The first-order valence-corrected chi connectivity index (χ1v) is 4.42. The number of nitrogens with one attached hydrogen (secondary N) is 1. The van der Waals surface area contributed by atoms with Gasteiger partial charge in [0, 0.05) is 21.4 Å². The van der Waals surface area contributed by atoms with Crippen molar-refractivity contribution in [3.63, 3.8) is 0 Å². The summed E-state index contributed by atoms with van der Waals surface area (Å²) in [6.07, 6.45) is 3.44. The fourth-order valence-corrected chi connectivity index (χ4v) is 1.60. The Kier molecular flexibility index (Phi) is 1.73. The van der Waals surface area contributed by atoms with Crippen LogP contribution in [0.4, 0.5) is 0 Å². The van der Waals surface area contributed by atoms with Gasteiger partial charge < -0.3 is 4.98 Å². The van der Waals surface area contributed by atoms with Crippen molar-refractivity contribution in [2.24, 2.45) is 0 Å². The number of rotatable bonds is 0. The van der Waals surface area contributed by atoms with Crippen molar-refractivity contribution in [3.8, 4) is 6.07 Å². The number of halogens is 1. The molecule has 12 heavy (non-hydrogen) atoms. The molecule has 2 aromatic heterocycles. The van der Waals surface area contributed by atoms with E-state index in [2.05, 4.69) is 38.6 Å². The number of H-pyrrole nitrogens is 1. The molecule has 0 aromatic carbocycles. The molecule has 58 valence electrons. The highest BCUT2D eigenvalue weighted by Gasteiger charge is 2.01. The summed E-state index contributed by atoms with van der Waals surface area (Å²) in [6.45, 7) is 0. The maximum atomic E-state index is 8.62. The van der Waals surface area contributed by atoms with Crippen LogP contribution >= 0.6 is 22.6 Å². The van der Waals surface area contributed by atoms with Crippen LogP contribution in [0.5, 0.6) is 0 Å². The Morgan fingerprint density at radius 3 is 3.17 bits per heavy atom. The minimum Gasteiger partial charge on any atom is -0.345 e. The monoisotopic (exact) mass is 269 g/mol. The Morgan fingerprint density at radius 2 is 2.42 bits per heavy atom. The molecule has 0 unspecified atom stereocenters. The van der Waals surface area contributed by atoms with Crippen LogP contribution in [0, 0.1) is 14.9 Å². The first kappa shape index (κ1) is 7.55. The summed E-state index contributed by atoms with van der Waals surface area (Å²) in [5.74, 6) is 0. The summed E-state index contributed by atoms with van der Waals surface area (Å²) in [5, 5.41) is 9.63. The molecule has 4 heteroatoms. The van der Waals surface area contributed by atoms with Crippen LogP contribution in [0.3, 0.4) is 0 Å². The van der Waals surface area contributed by atoms with E-state index in [0.717, 1.165) is 14.6 Å². The van der Waals surface area contributed by atoms with E-state index < -0.39 is 0 Å². The lowest BCUT2D eigenvalue weighted by molar-refractivity contribution is 1.31. The molecule has 0 bridgehead atoms. The number of aromatic amines is 1. The number of nitriles is 1. The third kappa shape index (κ3) is 1.06. The summed E-state index contributed by atoms with van der Waals surface area (Å²) >= 11 is 2.21. The van der Waals surface area contributed by atoms with E-state index >= 15 is 0 Å². The molecule has 2 heterocycles. The molecule has 0 amide bonds. The molecule has 0 aliphatic heterocycles. The summed E-state index contributed by atoms with van der Waals surface area (Å²) in [7, 11) is 0. The Morgan fingerprint density at radius 1 is 1.58 bits per heavy atom. The van der Waals surface area contributed by atoms with Gasteiger partial charge in [0.2, 0.25) is 0 Å². The van der Waals surface area contributed by atoms with E-state index in [9.17, 15) is 0 Å². The smallest absolute Gasteiger partial charge is 0.138 e. The molecule has 0 aliphatic rings. The lowest BCUT2D eigenvalue weighted by Gasteiger charge is -1.89. The third-order valence-electron chi connectivity index (χ3n) is 1.61. The van der Waals surface area contributed by atoms with Crippen molar-refractivity contribution < 1.29 is 0 Å². The second-order valence-corrected chi connectivity index (χ2v) is 3.53. The summed E-state index contributed by atoms with van der Waals surface area (Å²) in [5.41, 5.74) is 1.43. The zero-order valence-corrected chi connectivity index (χ0v) is 8.16. The van der Waals surface area contributed by atoms with Crippen molar-refractivity contribution in [3.05, 3.63) is 27.6 Å². The summed E-state index contributed by atoms with van der Waals surface area (Å²) in [4.78, 5) is 7.10. The summed E-state index contributed by atoms with van der Waals surface area (Å²) in [6, 6.07) is 3.89. The largest absolute Gasteiger partial charge is 0.345 e. The molecule has 2 aromatic rings. The molecule has 0 aliphatic carbocycles. The van der Waals surface area contributed by atoms with Gasteiger partial charge in [0.1, 0.15) is 11.7 Å². The molecule has 0 spiro atoms. The van der Waals surface area contributed by atoms with Crippen LogP contribution in [0.15, 0.2) is 18.5 Å². The topological polar surface area (TPSA) is 52.5 Å². The molecule has 2 rings (SSSR count). The van der Waals surface area contributed by atoms with Gasteiger partial charge >= 0.3 is 0 Å². The fourth-order valence-electron chi connectivity index (χ4n) is 1.03. The van der Waals surface area contributed by atoms with Gasteiger partial charge in [-0.25, -0.2) is 4.98 Å². The Hall–Kier alpha value is -1.09. The summed E-state index contributed by atoms with van der Waals surface area (Å²) < 4.78 is 1.09. The van der Waals surface area contributed by atoms with Crippen molar-refractivity contribution in [2.45, 2.75) is 0 Å². The minimum atomic E-state index is 0.597. The molecule has 0 atom stereocenters. The van der Waals surface area contributed by atoms with Crippen molar-refractivity contribution in [2.75, 3.05) is 0 Å². The second-order valence-electron chi connectivity index (χ2n) is 2.37. The van der Waals surface area contributed by atoms with E-state index in [0.29, 0.717) is 5.56 Å². The highest BCUT2D eigenvalue weighted by atomic mass is 127. The zero-order valence-electron chi connectivity index (χ0n) is 6.00. The molecule has 0 fully saturated rings. The average Bonchev–Trinajstić information content (AvgIpc) is 2.47. The first-order valence-electron chi connectivity index (χ1n) is 3.34. The van der Waals surface area contributed by atoms with E-state index in [1.807, 2.05) is 12.3 Å². The van der Waals surface area contributed by atoms with Gasteiger partial charge in [-0.1, -0.05) is 0 Å². The van der Waals surface area contributed by atoms with Crippen molar-refractivity contribution in [1.82, 2.24) is 9.97 Å². The molecular formula is C8H4IN3. The van der Waals surface area contributed by atoms with Gasteiger partial charge in [0.25, 0.3) is 0 Å². The number of aromatic nitrogens is 2.